The zero-order chi connectivity index (χ0) is 30.2. The van der Waals surface area contributed by atoms with Crippen molar-refractivity contribution in [2.45, 2.75) is 110 Å². The molecule has 3 rings (SSSR count). The SMILES string of the molecule is CCCCCCCCC1CCC(C(=O)Oc2ccc(/C=C/C(=O)OCC(CCCC)c3cc(N)cc(N)c3)cc2)CC1. The molecular weight excluding hydrogens is 524 g/mol. The van der Waals surface area contributed by atoms with Crippen LogP contribution in [0.4, 0.5) is 11.4 Å². The summed E-state index contributed by atoms with van der Waals surface area (Å²) < 4.78 is 11.3. The molecule has 1 aliphatic rings. The summed E-state index contributed by atoms with van der Waals surface area (Å²) in [5, 5.41) is 0. The number of esters is 2. The lowest BCUT2D eigenvalue weighted by atomic mass is 9.80. The van der Waals surface area contributed by atoms with Crippen LogP contribution in [0.2, 0.25) is 0 Å². The Bertz CT molecular complexity index is 1100. The van der Waals surface area contributed by atoms with E-state index in [2.05, 4.69) is 13.8 Å². The predicted molar refractivity (Wildman–Crippen MR) is 173 cm³/mol. The highest BCUT2D eigenvalue weighted by atomic mass is 16.5. The zero-order valence-electron chi connectivity index (χ0n) is 25.8. The van der Waals surface area contributed by atoms with Gasteiger partial charge in [-0.3, -0.25) is 4.79 Å². The van der Waals surface area contributed by atoms with Gasteiger partial charge in [0, 0.05) is 23.4 Å². The number of nitrogens with two attached hydrogens (primary N) is 2. The van der Waals surface area contributed by atoms with Crippen molar-refractivity contribution in [2.24, 2.45) is 11.8 Å². The van der Waals surface area contributed by atoms with Crippen LogP contribution in [0.15, 0.2) is 48.5 Å². The lowest BCUT2D eigenvalue weighted by molar-refractivity contribution is -0.140. The molecule has 0 amide bonds. The summed E-state index contributed by atoms with van der Waals surface area (Å²) in [6, 6.07) is 12.8. The summed E-state index contributed by atoms with van der Waals surface area (Å²) in [7, 11) is 0. The molecule has 4 N–H and O–H groups in total. The highest BCUT2D eigenvalue weighted by Gasteiger charge is 2.27. The quantitative estimate of drug-likeness (QED) is 0.0641. The minimum absolute atomic E-state index is 0.00920. The van der Waals surface area contributed by atoms with Crippen molar-refractivity contribution in [3.8, 4) is 5.75 Å². The molecule has 1 fully saturated rings. The van der Waals surface area contributed by atoms with Crippen LogP contribution < -0.4 is 16.2 Å². The summed E-state index contributed by atoms with van der Waals surface area (Å²) in [5.74, 6) is 0.795. The van der Waals surface area contributed by atoms with E-state index in [0.717, 1.165) is 62.0 Å². The first-order valence-electron chi connectivity index (χ1n) is 16.2. The van der Waals surface area contributed by atoms with Crippen LogP contribution in [0, 0.1) is 11.8 Å². The Morgan fingerprint density at radius 2 is 1.50 bits per heavy atom. The molecule has 1 atom stereocenters. The van der Waals surface area contributed by atoms with E-state index >= 15 is 0 Å². The number of carbonyl (C=O) groups excluding carboxylic acids is 2. The lowest BCUT2D eigenvalue weighted by Crippen LogP contribution is -2.25. The number of benzene rings is 2. The fourth-order valence-corrected chi connectivity index (χ4v) is 5.88. The Balaban J connectivity index is 1.40. The van der Waals surface area contributed by atoms with E-state index in [9.17, 15) is 9.59 Å². The smallest absolute Gasteiger partial charge is 0.330 e. The van der Waals surface area contributed by atoms with Gasteiger partial charge in [0.15, 0.2) is 0 Å². The van der Waals surface area contributed by atoms with Crippen LogP contribution in [-0.4, -0.2) is 18.5 Å². The van der Waals surface area contributed by atoms with Gasteiger partial charge in [0.2, 0.25) is 0 Å². The number of carbonyl (C=O) groups is 2. The first-order valence-corrected chi connectivity index (χ1v) is 16.2. The number of anilines is 2. The van der Waals surface area contributed by atoms with Gasteiger partial charge in [0.1, 0.15) is 5.75 Å². The number of unbranched alkanes of at least 4 members (excludes halogenated alkanes) is 6. The largest absolute Gasteiger partial charge is 0.462 e. The molecule has 1 saturated carbocycles. The maximum atomic E-state index is 12.8. The van der Waals surface area contributed by atoms with E-state index in [-0.39, 0.29) is 24.4 Å². The average molecular weight is 577 g/mol. The molecule has 0 saturated heterocycles. The second-order valence-corrected chi connectivity index (χ2v) is 12.0. The van der Waals surface area contributed by atoms with Crippen LogP contribution in [0.3, 0.4) is 0 Å². The van der Waals surface area contributed by atoms with Gasteiger partial charge in [-0.2, -0.15) is 0 Å². The monoisotopic (exact) mass is 576 g/mol. The normalized spacial score (nSPS) is 17.7. The summed E-state index contributed by atoms with van der Waals surface area (Å²) in [5.41, 5.74) is 15.0. The van der Waals surface area contributed by atoms with Gasteiger partial charge in [0.05, 0.1) is 12.5 Å². The Kier molecular flexibility index (Phi) is 14.5. The van der Waals surface area contributed by atoms with Crippen LogP contribution in [-0.2, 0) is 14.3 Å². The van der Waals surface area contributed by atoms with E-state index in [0.29, 0.717) is 17.1 Å². The molecule has 230 valence electrons. The van der Waals surface area contributed by atoms with Crippen molar-refractivity contribution in [3.63, 3.8) is 0 Å². The first-order chi connectivity index (χ1) is 20.4. The maximum Gasteiger partial charge on any atom is 0.330 e. The summed E-state index contributed by atoms with van der Waals surface area (Å²) in [4.78, 5) is 25.2. The van der Waals surface area contributed by atoms with Gasteiger partial charge < -0.3 is 20.9 Å². The fourth-order valence-electron chi connectivity index (χ4n) is 5.88. The molecule has 2 aromatic carbocycles. The summed E-state index contributed by atoms with van der Waals surface area (Å²) in [6.07, 6.45) is 19.5. The Morgan fingerprint density at radius 1 is 0.857 bits per heavy atom. The van der Waals surface area contributed by atoms with Crippen molar-refractivity contribution in [3.05, 3.63) is 59.7 Å². The van der Waals surface area contributed by atoms with Crippen molar-refractivity contribution in [1.29, 1.82) is 0 Å². The van der Waals surface area contributed by atoms with Gasteiger partial charge >= 0.3 is 11.9 Å². The number of hydrogen-bond acceptors (Lipinski definition) is 6. The lowest BCUT2D eigenvalue weighted by Gasteiger charge is -2.27. The Hall–Kier alpha value is -3.28. The van der Waals surface area contributed by atoms with E-state index in [1.54, 1.807) is 24.3 Å². The molecule has 6 heteroatoms. The summed E-state index contributed by atoms with van der Waals surface area (Å²) >= 11 is 0. The Labute approximate surface area is 253 Å². The number of rotatable bonds is 17. The number of hydrogen-bond donors (Lipinski definition) is 2. The second-order valence-electron chi connectivity index (χ2n) is 12.0. The molecule has 1 unspecified atom stereocenters. The average Bonchev–Trinajstić information content (AvgIpc) is 2.98. The summed E-state index contributed by atoms with van der Waals surface area (Å²) in [6.45, 7) is 4.65. The van der Waals surface area contributed by atoms with Crippen LogP contribution in [0.1, 0.15) is 121 Å². The highest BCUT2D eigenvalue weighted by Crippen LogP contribution is 2.33. The van der Waals surface area contributed by atoms with E-state index < -0.39 is 5.97 Å². The van der Waals surface area contributed by atoms with Gasteiger partial charge in [-0.15, -0.1) is 0 Å². The van der Waals surface area contributed by atoms with Crippen molar-refractivity contribution < 1.29 is 19.1 Å². The van der Waals surface area contributed by atoms with E-state index in [4.69, 9.17) is 20.9 Å². The van der Waals surface area contributed by atoms with Gasteiger partial charge in [-0.05, 0) is 85.6 Å². The van der Waals surface area contributed by atoms with Crippen LogP contribution in [0.25, 0.3) is 6.08 Å². The van der Waals surface area contributed by atoms with Gasteiger partial charge in [-0.25, -0.2) is 4.79 Å². The molecule has 0 spiro atoms. The predicted octanol–water partition coefficient (Wildman–Crippen LogP) is 8.84. The minimum atomic E-state index is -0.407. The first kappa shape index (κ1) is 33.2. The van der Waals surface area contributed by atoms with Crippen LogP contribution in [0.5, 0.6) is 5.75 Å². The molecule has 6 nitrogen and oxygen atoms in total. The number of ether oxygens (including phenoxy) is 2. The molecule has 0 heterocycles. The molecular formula is C36H52N2O4. The number of nitrogen functional groups attached to an aromatic ring is 2. The van der Waals surface area contributed by atoms with Gasteiger partial charge in [0.25, 0.3) is 0 Å². The second kappa shape index (κ2) is 18.3. The molecule has 0 aromatic heterocycles. The molecule has 42 heavy (non-hydrogen) atoms. The standard InChI is InChI=1S/C36H52N2O4/c1-3-5-7-8-9-10-11-27-13-18-29(19-14-27)36(40)42-34-20-15-28(16-21-34)17-22-35(39)41-26-30(12-6-4-2)31-23-32(37)25-33(38)24-31/h15-17,20-25,27,29-30H,3-14,18-19,26,37-38H2,1-2H3/b22-17+. The van der Waals surface area contributed by atoms with Crippen molar-refractivity contribution >= 4 is 29.4 Å². The van der Waals surface area contributed by atoms with Crippen molar-refractivity contribution in [1.82, 2.24) is 0 Å². The molecule has 2 aromatic rings. The third kappa shape index (κ3) is 11.9. The third-order valence-electron chi connectivity index (χ3n) is 8.46. The van der Waals surface area contributed by atoms with Crippen molar-refractivity contribution in [2.75, 3.05) is 18.1 Å². The zero-order valence-corrected chi connectivity index (χ0v) is 25.8. The third-order valence-corrected chi connectivity index (χ3v) is 8.46. The maximum absolute atomic E-state index is 12.8. The minimum Gasteiger partial charge on any atom is -0.462 e. The van der Waals surface area contributed by atoms with Gasteiger partial charge in [-0.1, -0.05) is 83.8 Å². The Morgan fingerprint density at radius 3 is 2.17 bits per heavy atom. The van der Waals surface area contributed by atoms with Crippen LogP contribution >= 0.6 is 0 Å². The molecule has 0 radical (unpaired) electrons. The molecule has 1 aliphatic carbocycles. The molecule has 0 aliphatic heterocycles. The highest BCUT2D eigenvalue weighted by molar-refractivity contribution is 5.87. The van der Waals surface area contributed by atoms with E-state index in [1.165, 1.54) is 51.0 Å². The fraction of sp³-hybridized carbons (Fsp3) is 0.556. The molecule has 0 bridgehead atoms. The van der Waals surface area contributed by atoms with E-state index in [1.807, 2.05) is 24.3 Å². The topological polar surface area (TPSA) is 105 Å².